The number of rotatable bonds is 3. The fourth-order valence-electron chi connectivity index (χ4n) is 2.77. The van der Waals surface area contributed by atoms with Crippen molar-refractivity contribution in [3.8, 4) is 0 Å². The van der Waals surface area contributed by atoms with E-state index in [1.54, 1.807) is 0 Å². The van der Waals surface area contributed by atoms with Crippen LogP contribution in [0.1, 0.15) is 44.9 Å². The van der Waals surface area contributed by atoms with Crippen molar-refractivity contribution in [3.63, 3.8) is 0 Å². The minimum Gasteiger partial charge on any atom is -0.282 e. The van der Waals surface area contributed by atoms with E-state index in [0.29, 0.717) is 19.4 Å². The monoisotopic (exact) mass is 287 g/mol. The van der Waals surface area contributed by atoms with Crippen molar-refractivity contribution in [1.82, 2.24) is 4.90 Å². The van der Waals surface area contributed by atoms with Crippen LogP contribution >= 0.6 is 15.9 Å². The van der Waals surface area contributed by atoms with Crippen molar-refractivity contribution in [2.75, 3.05) is 11.9 Å². The number of imide groups is 1. The molecule has 2 aliphatic rings. The first-order chi connectivity index (χ1) is 7.67. The third-order valence-corrected chi connectivity index (χ3v) is 5.01. The lowest BCUT2D eigenvalue weighted by molar-refractivity contribution is -0.149. The number of carbonyl (C=O) groups is 2. The van der Waals surface area contributed by atoms with Crippen LogP contribution in [0.15, 0.2) is 0 Å². The molecule has 16 heavy (non-hydrogen) atoms. The third-order valence-electron chi connectivity index (χ3n) is 3.82. The molecule has 2 rings (SSSR count). The maximum absolute atomic E-state index is 11.7. The molecule has 1 saturated carbocycles. The van der Waals surface area contributed by atoms with Crippen LogP contribution < -0.4 is 0 Å². The molecule has 1 heterocycles. The minimum absolute atomic E-state index is 0.0310. The summed E-state index contributed by atoms with van der Waals surface area (Å²) in [5.74, 6) is 0.0620. The van der Waals surface area contributed by atoms with Crippen LogP contribution in [0.5, 0.6) is 0 Å². The zero-order chi connectivity index (χ0) is 11.6. The minimum atomic E-state index is 0.0310. The van der Waals surface area contributed by atoms with E-state index in [-0.39, 0.29) is 17.2 Å². The first-order valence-corrected chi connectivity index (χ1v) is 7.18. The van der Waals surface area contributed by atoms with Gasteiger partial charge in [-0.2, -0.15) is 0 Å². The number of nitrogens with zero attached hydrogens (tertiary/aromatic N) is 1. The number of carbonyl (C=O) groups excluding carboxylic acids is 2. The normalized spacial score (nSPS) is 25.2. The predicted octanol–water partition coefficient (Wildman–Crippen LogP) is 2.48. The molecule has 0 atom stereocenters. The first kappa shape index (κ1) is 12.1. The van der Waals surface area contributed by atoms with Gasteiger partial charge in [-0.15, -0.1) is 0 Å². The van der Waals surface area contributed by atoms with Crippen LogP contribution in [0.4, 0.5) is 0 Å². The van der Waals surface area contributed by atoms with E-state index in [1.807, 2.05) is 0 Å². The molecular formula is C12H18BrNO2. The fourth-order valence-corrected chi connectivity index (χ4v) is 3.51. The molecule has 4 heteroatoms. The maximum Gasteiger partial charge on any atom is 0.229 e. The Kier molecular flexibility index (Phi) is 3.67. The van der Waals surface area contributed by atoms with E-state index < -0.39 is 0 Å². The van der Waals surface area contributed by atoms with Crippen LogP contribution in [0.25, 0.3) is 0 Å². The standard InChI is InChI=1S/C12H18BrNO2/c13-8-12(6-1-2-7-12)9-14-10(15)4-3-5-11(14)16/h1-9H2. The Morgan fingerprint density at radius 2 is 1.62 bits per heavy atom. The highest BCUT2D eigenvalue weighted by molar-refractivity contribution is 9.09. The Bertz CT molecular complexity index is 281. The van der Waals surface area contributed by atoms with Crippen LogP contribution in [-0.4, -0.2) is 28.6 Å². The first-order valence-electron chi connectivity index (χ1n) is 6.06. The van der Waals surface area contributed by atoms with Gasteiger partial charge in [0, 0.05) is 24.7 Å². The molecule has 0 aromatic rings. The van der Waals surface area contributed by atoms with Gasteiger partial charge in [0.05, 0.1) is 0 Å². The molecule has 90 valence electrons. The zero-order valence-corrected chi connectivity index (χ0v) is 11.1. The van der Waals surface area contributed by atoms with Crippen LogP contribution in [-0.2, 0) is 9.59 Å². The van der Waals surface area contributed by atoms with Gasteiger partial charge in [-0.25, -0.2) is 0 Å². The lowest BCUT2D eigenvalue weighted by Crippen LogP contribution is -2.46. The van der Waals surface area contributed by atoms with Crippen molar-refractivity contribution < 1.29 is 9.59 Å². The summed E-state index contributed by atoms with van der Waals surface area (Å²) in [6.45, 7) is 0.635. The second-order valence-corrected chi connectivity index (χ2v) is 5.63. The molecule has 3 nitrogen and oxygen atoms in total. The van der Waals surface area contributed by atoms with Crippen molar-refractivity contribution in [2.24, 2.45) is 5.41 Å². The second-order valence-electron chi connectivity index (χ2n) is 5.07. The predicted molar refractivity (Wildman–Crippen MR) is 65.3 cm³/mol. The summed E-state index contributed by atoms with van der Waals surface area (Å²) in [7, 11) is 0. The molecule has 0 spiro atoms. The molecule has 1 aliphatic heterocycles. The molecule has 0 radical (unpaired) electrons. The van der Waals surface area contributed by atoms with Gasteiger partial charge < -0.3 is 0 Å². The number of halogens is 1. The van der Waals surface area contributed by atoms with E-state index in [0.717, 1.165) is 24.6 Å². The van der Waals surface area contributed by atoms with E-state index in [1.165, 1.54) is 17.7 Å². The molecule has 0 aromatic carbocycles. The molecule has 1 saturated heterocycles. The number of hydrogen-bond donors (Lipinski definition) is 0. The van der Waals surface area contributed by atoms with Gasteiger partial charge in [-0.1, -0.05) is 28.8 Å². The van der Waals surface area contributed by atoms with Crippen LogP contribution in [0, 0.1) is 5.41 Å². The second kappa shape index (κ2) is 4.86. The summed E-state index contributed by atoms with van der Waals surface area (Å²) < 4.78 is 0. The van der Waals surface area contributed by atoms with Crippen molar-refractivity contribution in [2.45, 2.75) is 44.9 Å². The molecule has 0 N–H and O–H groups in total. The van der Waals surface area contributed by atoms with Crippen molar-refractivity contribution >= 4 is 27.7 Å². The lowest BCUT2D eigenvalue weighted by Gasteiger charge is -2.34. The van der Waals surface area contributed by atoms with Gasteiger partial charge in [-0.3, -0.25) is 14.5 Å². The smallest absolute Gasteiger partial charge is 0.229 e. The molecule has 0 aromatic heterocycles. The molecule has 2 fully saturated rings. The quantitative estimate of drug-likeness (QED) is 0.591. The summed E-state index contributed by atoms with van der Waals surface area (Å²) in [4.78, 5) is 25.0. The highest BCUT2D eigenvalue weighted by Gasteiger charge is 2.38. The molecule has 1 aliphatic carbocycles. The highest BCUT2D eigenvalue weighted by atomic mass is 79.9. The number of likely N-dealkylation sites (tertiary alicyclic amines) is 1. The van der Waals surface area contributed by atoms with Gasteiger partial charge in [0.15, 0.2) is 0 Å². The van der Waals surface area contributed by atoms with E-state index in [4.69, 9.17) is 0 Å². The Labute approximate surface area is 105 Å². The average molecular weight is 288 g/mol. The number of alkyl halides is 1. The average Bonchev–Trinajstić information content (AvgIpc) is 2.73. The van der Waals surface area contributed by atoms with E-state index >= 15 is 0 Å². The van der Waals surface area contributed by atoms with Crippen LogP contribution in [0.3, 0.4) is 0 Å². The van der Waals surface area contributed by atoms with Gasteiger partial charge in [0.2, 0.25) is 11.8 Å². The topological polar surface area (TPSA) is 37.4 Å². The summed E-state index contributed by atoms with van der Waals surface area (Å²) in [6, 6.07) is 0. The SMILES string of the molecule is O=C1CCCC(=O)N1CC1(CBr)CCCC1. The van der Waals surface area contributed by atoms with Gasteiger partial charge in [0.1, 0.15) is 0 Å². The maximum atomic E-state index is 11.7. The Morgan fingerprint density at radius 3 is 2.12 bits per heavy atom. The summed E-state index contributed by atoms with van der Waals surface area (Å²) >= 11 is 3.55. The summed E-state index contributed by atoms with van der Waals surface area (Å²) in [5.41, 5.74) is 0.155. The fraction of sp³-hybridized carbons (Fsp3) is 0.833. The molecular weight excluding hydrogens is 270 g/mol. The molecule has 0 bridgehead atoms. The Balaban J connectivity index is 2.06. The number of hydrogen-bond acceptors (Lipinski definition) is 2. The van der Waals surface area contributed by atoms with E-state index in [9.17, 15) is 9.59 Å². The van der Waals surface area contributed by atoms with Gasteiger partial charge >= 0.3 is 0 Å². The van der Waals surface area contributed by atoms with Crippen molar-refractivity contribution in [1.29, 1.82) is 0 Å². The lowest BCUT2D eigenvalue weighted by atomic mass is 9.87. The van der Waals surface area contributed by atoms with Crippen LogP contribution in [0.2, 0.25) is 0 Å². The largest absolute Gasteiger partial charge is 0.282 e. The highest BCUT2D eigenvalue weighted by Crippen LogP contribution is 2.40. The number of amides is 2. The number of piperidine rings is 1. The Morgan fingerprint density at radius 1 is 1.06 bits per heavy atom. The van der Waals surface area contributed by atoms with Gasteiger partial charge in [0.25, 0.3) is 0 Å². The zero-order valence-electron chi connectivity index (χ0n) is 9.51. The Hall–Kier alpha value is -0.380. The summed E-state index contributed by atoms with van der Waals surface area (Å²) in [5, 5.41) is 0.900. The molecule has 0 unspecified atom stereocenters. The molecule has 2 amide bonds. The van der Waals surface area contributed by atoms with E-state index in [2.05, 4.69) is 15.9 Å². The van der Waals surface area contributed by atoms with Gasteiger partial charge in [-0.05, 0) is 24.7 Å². The van der Waals surface area contributed by atoms with Crippen molar-refractivity contribution in [3.05, 3.63) is 0 Å². The third kappa shape index (κ3) is 2.31. The summed E-state index contributed by atoms with van der Waals surface area (Å²) in [6.07, 6.45) is 6.54.